The quantitative estimate of drug-likeness (QED) is 0.677. The zero-order valence-electron chi connectivity index (χ0n) is 16.1. The molecule has 142 valence electrons. The summed E-state index contributed by atoms with van der Waals surface area (Å²) in [6.07, 6.45) is 0. The highest BCUT2D eigenvalue weighted by molar-refractivity contribution is 7.10. The number of hydrogen-bond acceptors (Lipinski definition) is 4. The molecule has 2 aromatic heterocycles. The van der Waals surface area contributed by atoms with E-state index in [0.717, 1.165) is 22.8 Å². The van der Waals surface area contributed by atoms with Crippen LogP contribution < -0.4 is 10.6 Å². The maximum Gasteiger partial charge on any atom is 0.319 e. The topological polar surface area (TPSA) is 62.2 Å². The van der Waals surface area contributed by atoms with Gasteiger partial charge >= 0.3 is 6.03 Å². The zero-order chi connectivity index (χ0) is 19.4. The third-order valence-corrected chi connectivity index (χ3v) is 5.31. The van der Waals surface area contributed by atoms with Crippen LogP contribution >= 0.6 is 11.3 Å². The van der Waals surface area contributed by atoms with E-state index in [4.69, 9.17) is 0 Å². The molecule has 3 rings (SSSR count). The van der Waals surface area contributed by atoms with Gasteiger partial charge in [-0.2, -0.15) is 5.10 Å². The first-order valence-electron chi connectivity index (χ1n) is 8.83. The Kier molecular flexibility index (Phi) is 5.93. The molecule has 0 aliphatic heterocycles. The van der Waals surface area contributed by atoms with Gasteiger partial charge in [-0.1, -0.05) is 18.2 Å². The number of nitrogens with zero attached hydrogens (tertiary/aromatic N) is 3. The lowest BCUT2D eigenvalue weighted by Crippen LogP contribution is -2.36. The number of aryl methyl sites for hydroxylation is 2. The summed E-state index contributed by atoms with van der Waals surface area (Å²) < 4.78 is 1.85. The molecule has 0 saturated carbocycles. The summed E-state index contributed by atoms with van der Waals surface area (Å²) in [5.74, 6) is 0. The molecule has 0 saturated heterocycles. The van der Waals surface area contributed by atoms with Crippen molar-refractivity contribution in [1.82, 2.24) is 20.0 Å². The van der Waals surface area contributed by atoms with Crippen LogP contribution in [0, 0.1) is 13.8 Å². The van der Waals surface area contributed by atoms with Crippen LogP contribution in [0.1, 0.15) is 22.3 Å². The van der Waals surface area contributed by atoms with Crippen LogP contribution in [-0.4, -0.2) is 41.4 Å². The Labute approximate surface area is 163 Å². The second-order valence-electron chi connectivity index (χ2n) is 6.69. The lowest BCUT2D eigenvalue weighted by atomic mass is 10.2. The average Bonchev–Trinajstić information content (AvgIpc) is 3.25. The highest BCUT2D eigenvalue weighted by atomic mass is 32.1. The van der Waals surface area contributed by atoms with Gasteiger partial charge in [0, 0.05) is 17.1 Å². The van der Waals surface area contributed by atoms with Gasteiger partial charge in [0.2, 0.25) is 0 Å². The van der Waals surface area contributed by atoms with Gasteiger partial charge in [0.1, 0.15) is 0 Å². The Balaban J connectivity index is 1.71. The van der Waals surface area contributed by atoms with Gasteiger partial charge in [-0.25, -0.2) is 9.48 Å². The molecule has 2 heterocycles. The Morgan fingerprint density at radius 3 is 2.63 bits per heavy atom. The molecule has 2 N–H and O–H groups in total. The van der Waals surface area contributed by atoms with E-state index in [1.165, 1.54) is 4.88 Å². The first-order valence-corrected chi connectivity index (χ1v) is 9.71. The Hall–Kier alpha value is -2.64. The van der Waals surface area contributed by atoms with Crippen molar-refractivity contribution in [2.24, 2.45) is 0 Å². The Bertz CT molecular complexity index is 901. The molecular formula is C20H25N5OS. The number of carbonyl (C=O) groups is 1. The van der Waals surface area contributed by atoms with E-state index in [2.05, 4.69) is 32.1 Å². The highest BCUT2D eigenvalue weighted by Crippen LogP contribution is 2.23. The summed E-state index contributed by atoms with van der Waals surface area (Å²) in [6, 6.07) is 13.7. The summed E-state index contributed by atoms with van der Waals surface area (Å²) in [4.78, 5) is 15.8. The first-order chi connectivity index (χ1) is 13.0. The number of urea groups is 1. The van der Waals surface area contributed by atoms with Crippen LogP contribution in [0.2, 0.25) is 0 Å². The second kappa shape index (κ2) is 8.37. The fourth-order valence-corrected chi connectivity index (χ4v) is 3.93. The van der Waals surface area contributed by atoms with E-state index in [-0.39, 0.29) is 12.1 Å². The highest BCUT2D eigenvalue weighted by Gasteiger charge is 2.17. The minimum atomic E-state index is -0.229. The van der Waals surface area contributed by atoms with Crippen molar-refractivity contribution >= 4 is 23.1 Å². The van der Waals surface area contributed by atoms with Crippen molar-refractivity contribution in [1.29, 1.82) is 0 Å². The Morgan fingerprint density at radius 1 is 1.22 bits per heavy atom. The van der Waals surface area contributed by atoms with Crippen molar-refractivity contribution < 1.29 is 4.79 Å². The van der Waals surface area contributed by atoms with Gasteiger partial charge in [0.05, 0.1) is 23.1 Å². The number of hydrogen-bond donors (Lipinski definition) is 2. The maximum absolute atomic E-state index is 12.5. The fraction of sp³-hybridized carbons (Fsp3) is 0.300. The smallest absolute Gasteiger partial charge is 0.319 e. The molecule has 0 radical (unpaired) electrons. The molecule has 7 heteroatoms. The monoisotopic (exact) mass is 383 g/mol. The third kappa shape index (κ3) is 4.56. The number of anilines is 1. The van der Waals surface area contributed by atoms with Crippen molar-refractivity contribution in [2.75, 3.05) is 26.0 Å². The van der Waals surface area contributed by atoms with E-state index in [0.29, 0.717) is 6.54 Å². The van der Waals surface area contributed by atoms with E-state index in [9.17, 15) is 4.79 Å². The number of para-hydroxylation sites is 2. The van der Waals surface area contributed by atoms with Gasteiger partial charge in [0.15, 0.2) is 0 Å². The molecule has 27 heavy (non-hydrogen) atoms. The van der Waals surface area contributed by atoms with Crippen LogP contribution in [-0.2, 0) is 0 Å². The molecule has 0 bridgehead atoms. The predicted molar refractivity (Wildman–Crippen MR) is 111 cm³/mol. The molecule has 6 nitrogen and oxygen atoms in total. The summed E-state index contributed by atoms with van der Waals surface area (Å²) >= 11 is 1.69. The Morgan fingerprint density at radius 2 is 2.00 bits per heavy atom. The summed E-state index contributed by atoms with van der Waals surface area (Å²) in [5, 5.41) is 12.5. The predicted octanol–water partition coefficient (Wildman–Crippen LogP) is 3.98. The van der Waals surface area contributed by atoms with E-state index < -0.39 is 0 Å². The number of rotatable bonds is 6. The molecule has 0 aliphatic carbocycles. The van der Waals surface area contributed by atoms with Gasteiger partial charge < -0.3 is 15.5 Å². The van der Waals surface area contributed by atoms with Crippen molar-refractivity contribution in [3.63, 3.8) is 0 Å². The molecule has 1 aromatic carbocycles. The maximum atomic E-state index is 12.5. The number of likely N-dealkylation sites (N-methyl/N-ethyl adjacent to an activating group) is 1. The van der Waals surface area contributed by atoms with Crippen LogP contribution in [0.25, 0.3) is 5.69 Å². The van der Waals surface area contributed by atoms with Crippen molar-refractivity contribution in [2.45, 2.75) is 19.9 Å². The van der Waals surface area contributed by atoms with E-state index in [1.807, 2.05) is 69.0 Å². The van der Waals surface area contributed by atoms with Gasteiger partial charge in [-0.3, -0.25) is 0 Å². The zero-order valence-corrected chi connectivity index (χ0v) is 16.9. The number of amides is 2. The minimum Gasteiger partial charge on any atom is -0.336 e. The van der Waals surface area contributed by atoms with Gasteiger partial charge in [-0.15, -0.1) is 11.3 Å². The second-order valence-corrected chi connectivity index (χ2v) is 7.67. The summed E-state index contributed by atoms with van der Waals surface area (Å²) in [5.41, 5.74) is 3.53. The van der Waals surface area contributed by atoms with E-state index in [1.54, 1.807) is 11.3 Å². The summed E-state index contributed by atoms with van der Waals surface area (Å²) in [7, 11) is 4.03. The molecule has 1 unspecified atom stereocenters. The number of thiophene rings is 1. The average molecular weight is 384 g/mol. The third-order valence-electron chi connectivity index (χ3n) is 4.34. The summed E-state index contributed by atoms with van der Waals surface area (Å²) in [6.45, 7) is 4.49. The van der Waals surface area contributed by atoms with E-state index >= 15 is 0 Å². The van der Waals surface area contributed by atoms with Crippen molar-refractivity contribution in [3.05, 3.63) is 64.1 Å². The first kappa shape index (κ1) is 19.1. The van der Waals surface area contributed by atoms with Gasteiger partial charge in [-0.05, 0) is 57.6 Å². The molecule has 1 atom stereocenters. The largest absolute Gasteiger partial charge is 0.336 e. The van der Waals surface area contributed by atoms with Crippen LogP contribution in [0.15, 0.2) is 47.8 Å². The van der Waals surface area contributed by atoms with Crippen LogP contribution in [0.5, 0.6) is 0 Å². The van der Waals surface area contributed by atoms with Crippen LogP contribution in [0.3, 0.4) is 0 Å². The number of aromatic nitrogens is 2. The number of carbonyl (C=O) groups excluding carboxylic acids is 1. The SMILES string of the molecule is Cc1cc(C)n(-c2ccccc2NC(=O)NCC(c2cccs2)N(C)C)n1. The molecule has 0 fully saturated rings. The molecule has 0 spiro atoms. The lowest BCUT2D eigenvalue weighted by Gasteiger charge is -2.23. The molecule has 2 amide bonds. The minimum absolute atomic E-state index is 0.141. The van der Waals surface area contributed by atoms with Crippen molar-refractivity contribution in [3.8, 4) is 5.69 Å². The van der Waals surface area contributed by atoms with Gasteiger partial charge in [0.25, 0.3) is 0 Å². The molecule has 3 aromatic rings. The molecule has 0 aliphatic rings. The fourth-order valence-electron chi connectivity index (χ4n) is 3.01. The number of benzene rings is 1. The molecular weight excluding hydrogens is 358 g/mol. The number of nitrogens with one attached hydrogen (secondary N) is 2. The normalized spacial score (nSPS) is 12.2. The van der Waals surface area contributed by atoms with Crippen LogP contribution in [0.4, 0.5) is 10.5 Å². The standard InChI is InChI=1S/C20H25N5OS/c1-14-12-15(2)25(23-14)17-9-6-5-8-16(17)22-20(26)21-13-18(24(3)4)19-10-7-11-27-19/h5-12,18H,13H2,1-4H3,(H2,21,22,26). The lowest BCUT2D eigenvalue weighted by molar-refractivity contribution is 0.244.